The molecule has 2 N–H and O–H groups in total. The molecule has 0 saturated carbocycles. The van der Waals surface area contributed by atoms with Crippen LogP contribution in [0.4, 0.5) is 5.82 Å². The van der Waals surface area contributed by atoms with Crippen LogP contribution in [0.15, 0.2) is 17.2 Å². The highest BCUT2D eigenvalue weighted by Crippen LogP contribution is 2.15. The first-order valence-electron chi connectivity index (χ1n) is 7.32. The molecule has 0 bridgehead atoms. The second-order valence-corrected chi connectivity index (χ2v) is 5.88. The number of nitrogens with zero attached hydrogens (tertiary/aromatic N) is 2. The van der Waals surface area contributed by atoms with Gasteiger partial charge in [-0.1, -0.05) is 18.7 Å². The van der Waals surface area contributed by atoms with Crippen LogP contribution >= 0.6 is 11.8 Å². The van der Waals surface area contributed by atoms with Crippen LogP contribution in [0.25, 0.3) is 0 Å². The van der Waals surface area contributed by atoms with Crippen molar-refractivity contribution < 1.29 is 14.3 Å². The number of amides is 2. The quantitative estimate of drug-likeness (QED) is 0.732. The van der Waals surface area contributed by atoms with Crippen LogP contribution in [0.1, 0.15) is 26.2 Å². The van der Waals surface area contributed by atoms with Crippen LogP contribution < -0.4 is 10.6 Å². The van der Waals surface area contributed by atoms with Gasteiger partial charge in [0.05, 0.1) is 11.9 Å². The van der Waals surface area contributed by atoms with Gasteiger partial charge in [-0.05, 0) is 25.0 Å². The molecule has 1 fully saturated rings. The number of hydrogen-bond donors (Lipinski definition) is 2. The van der Waals surface area contributed by atoms with Crippen molar-refractivity contribution in [3.05, 3.63) is 12.1 Å². The number of carbonyl (C=O) groups is 2. The molecule has 2 rings (SSSR count). The van der Waals surface area contributed by atoms with E-state index in [1.807, 2.05) is 0 Å². The first-order chi connectivity index (χ1) is 10.7. The smallest absolute Gasteiger partial charge is 0.230 e. The zero-order valence-electron chi connectivity index (χ0n) is 12.5. The summed E-state index contributed by atoms with van der Waals surface area (Å²) in [5, 5.41) is 14.0. The molecule has 8 heteroatoms. The summed E-state index contributed by atoms with van der Waals surface area (Å²) < 4.78 is 5.44. The average molecular weight is 324 g/mol. The molecule has 0 unspecified atom stereocenters. The predicted molar refractivity (Wildman–Crippen MR) is 83.7 cm³/mol. The molecule has 1 aromatic heterocycles. The van der Waals surface area contributed by atoms with Crippen molar-refractivity contribution in [2.24, 2.45) is 0 Å². The van der Waals surface area contributed by atoms with Crippen molar-refractivity contribution in [1.82, 2.24) is 15.5 Å². The van der Waals surface area contributed by atoms with E-state index in [-0.39, 0.29) is 23.7 Å². The van der Waals surface area contributed by atoms with E-state index in [9.17, 15) is 9.59 Å². The van der Waals surface area contributed by atoms with Gasteiger partial charge in [0.25, 0.3) is 0 Å². The van der Waals surface area contributed by atoms with Gasteiger partial charge in [-0.3, -0.25) is 9.59 Å². The van der Waals surface area contributed by atoms with Crippen LogP contribution in [0.5, 0.6) is 0 Å². The molecule has 7 nitrogen and oxygen atoms in total. The molecule has 0 spiro atoms. The van der Waals surface area contributed by atoms with Gasteiger partial charge >= 0.3 is 0 Å². The van der Waals surface area contributed by atoms with E-state index < -0.39 is 0 Å². The van der Waals surface area contributed by atoms with Crippen molar-refractivity contribution in [2.75, 3.05) is 24.2 Å². The summed E-state index contributed by atoms with van der Waals surface area (Å²) >= 11 is 1.31. The molecule has 0 aliphatic carbocycles. The minimum atomic E-state index is -0.108. The lowest BCUT2D eigenvalue weighted by atomic mass is 10.2. The largest absolute Gasteiger partial charge is 0.376 e. The lowest BCUT2D eigenvalue weighted by molar-refractivity contribution is -0.119. The second-order valence-electron chi connectivity index (χ2n) is 4.89. The van der Waals surface area contributed by atoms with E-state index in [1.165, 1.54) is 11.8 Å². The van der Waals surface area contributed by atoms with Crippen molar-refractivity contribution in [2.45, 2.75) is 37.3 Å². The number of anilines is 1. The molecule has 1 saturated heterocycles. The fraction of sp³-hybridized carbons (Fsp3) is 0.571. The minimum absolute atomic E-state index is 0.0503. The maximum absolute atomic E-state index is 11.7. The topological polar surface area (TPSA) is 93.2 Å². The Morgan fingerprint density at radius 3 is 2.86 bits per heavy atom. The zero-order valence-corrected chi connectivity index (χ0v) is 13.3. The molecule has 2 amide bonds. The molecule has 1 atom stereocenters. The Bertz CT molecular complexity index is 503. The third kappa shape index (κ3) is 5.61. The van der Waals surface area contributed by atoms with E-state index >= 15 is 0 Å². The summed E-state index contributed by atoms with van der Waals surface area (Å²) in [4.78, 5) is 22.9. The minimum Gasteiger partial charge on any atom is -0.376 e. The predicted octanol–water partition coefficient (Wildman–Crippen LogP) is 1.21. The molecule has 1 aliphatic rings. The number of aromatic nitrogens is 2. The number of hydrogen-bond acceptors (Lipinski definition) is 6. The van der Waals surface area contributed by atoms with Crippen LogP contribution in [-0.4, -0.2) is 47.0 Å². The van der Waals surface area contributed by atoms with Crippen molar-refractivity contribution in [1.29, 1.82) is 0 Å². The maximum Gasteiger partial charge on any atom is 0.230 e. The first-order valence-corrected chi connectivity index (χ1v) is 8.30. The van der Waals surface area contributed by atoms with Crippen LogP contribution in [0, 0.1) is 0 Å². The van der Waals surface area contributed by atoms with E-state index in [0.29, 0.717) is 23.8 Å². The van der Waals surface area contributed by atoms with Gasteiger partial charge in [0, 0.05) is 19.6 Å². The monoisotopic (exact) mass is 324 g/mol. The van der Waals surface area contributed by atoms with Crippen molar-refractivity contribution in [3.8, 4) is 0 Å². The van der Waals surface area contributed by atoms with Gasteiger partial charge in [-0.15, -0.1) is 10.2 Å². The Labute approximate surface area is 133 Å². The van der Waals surface area contributed by atoms with E-state index in [2.05, 4.69) is 20.8 Å². The van der Waals surface area contributed by atoms with Crippen LogP contribution in [-0.2, 0) is 14.3 Å². The third-order valence-electron chi connectivity index (χ3n) is 3.13. The van der Waals surface area contributed by atoms with Crippen LogP contribution in [0.3, 0.4) is 0 Å². The molecule has 2 heterocycles. The standard InChI is InChI=1S/C14H20N4O3S/c1-2-12(19)16-11-5-6-14(18-17-11)22-9-13(20)15-8-10-4-3-7-21-10/h5-6,10H,2-4,7-9H2,1H3,(H,15,20)(H,16,17,19)/t10-/m0/s1. The molecule has 22 heavy (non-hydrogen) atoms. The molecule has 0 radical (unpaired) electrons. The van der Waals surface area contributed by atoms with Crippen LogP contribution in [0.2, 0.25) is 0 Å². The number of ether oxygens (including phenoxy) is 1. The average Bonchev–Trinajstić information content (AvgIpc) is 3.05. The lowest BCUT2D eigenvalue weighted by Crippen LogP contribution is -2.32. The number of nitrogens with one attached hydrogen (secondary N) is 2. The summed E-state index contributed by atoms with van der Waals surface area (Å²) in [5.74, 6) is 0.537. The Hall–Kier alpha value is -1.67. The summed E-state index contributed by atoms with van der Waals surface area (Å²) in [6.45, 7) is 3.11. The van der Waals surface area contributed by atoms with Gasteiger partial charge in [-0.25, -0.2) is 0 Å². The fourth-order valence-corrected chi connectivity index (χ4v) is 2.56. The Balaban J connectivity index is 1.69. The van der Waals surface area contributed by atoms with E-state index in [0.717, 1.165) is 19.4 Å². The SMILES string of the molecule is CCC(=O)Nc1ccc(SCC(=O)NC[C@@H]2CCCO2)nn1. The normalized spacial score (nSPS) is 17.2. The zero-order chi connectivity index (χ0) is 15.8. The summed E-state index contributed by atoms with van der Waals surface area (Å²) in [6, 6.07) is 3.41. The van der Waals surface area contributed by atoms with Gasteiger partial charge < -0.3 is 15.4 Å². The fourth-order valence-electron chi connectivity index (χ4n) is 1.92. The Morgan fingerprint density at radius 2 is 2.23 bits per heavy atom. The number of thioether (sulfide) groups is 1. The summed E-state index contributed by atoms with van der Waals surface area (Å²) in [5.41, 5.74) is 0. The molecule has 1 aromatic rings. The van der Waals surface area contributed by atoms with Gasteiger partial charge in [0.2, 0.25) is 11.8 Å². The van der Waals surface area contributed by atoms with E-state index in [4.69, 9.17) is 4.74 Å². The van der Waals surface area contributed by atoms with Gasteiger partial charge in [0.15, 0.2) is 5.82 Å². The molecule has 0 aromatic carbocycles. The van der Waals surface area contributed by atoms with Gasteiger partial charge in [0.1, 0.15) is 5.03 Å². The molecular formula is C14H20N4O3S. The molecule has 1 aliphatic heterocycles. The van der Waals surface area contributed by atoms with Crippen molar-refractivity contribution >= 4 is 29.4 Å². The second kappa shape index (κ2) is 8.70. The highest BCUT2D eigenvalue weighted by Gasteiger charge is 2.16. The Morgan fingerprint density at radius 1 is 1.36 bits per heavy atom. The first kappa shape index (κ1) is 16.7. The summed E-state index contributed by atoms with van der Waals surface area (Å²) in [7, 11) is 0. The number of rotatable bonds is 7. The molecule has 120 valence electrons. The lowest BCUT2D eigenvalue weighted by Gasteiger charge is -2.10. The van der Waals surface area contributed by atoms with Gasteiger partial charge in [-0.2, -0.15) is 0 Å². The third-order valence-corrected chi connectivity index (χ3v) is 4.05. The molecular weight excluding hydrogens is 304 g/mol. The number of carbonyl (C=O) groups excluding carboxylic acids is 2. The Kier molecular flexibility index (Phi) is 6.60. The summed E-state index contributed by atoms with van der Waals surface area (Å²) in [6.07, 6.45) is 2.61. The van der Waals surface area contributed by atoms with Crippen molar-refractivity contribution in [3.63, 3.8) is 0 Å². The highest BCUT2D eigenvalue weighted by molar-refractivity contribution is 7.99. The maximum atomic E-state index is 11.7. The highest BCUT2D eigenvalue weighted by atomic mass is 32.2. The van der Waals surface area contributed by atoms with E-state index in [1.54, 1.807) is 19.1 Å².